The van der Waals surface area contributed by atoms with Crippen LogP contribution < -0.4 is 4.90 Å². The molecule has 1 fully saturated rings. The van der Waals surface area contributed by atoms with Crippen molar-refractivity contribution in [1.82, 2.24) is 14.9 Å². The number of carbonyl (C=O) groups excluding carboxylic acids is 2. The second-order valence-electron chi connectivity index (χ2n) is 7.71. The molecule has 1 saturated heterocycles. The van der Waals surface area contributed by atoms with E-state index in [0.29, 0.717) is 41.6 Å². The average Bonchev–Trinajstić information content (AvgIpc) is 3.36. The second kappa shape index (κ2) is 9.83. The SMILES string of the molecule is Cc1nc(N2CCN(CCCc3ccccc3)C2=O)sc1C(=O)CCc1cccnc1. The van der Waals surface area contributed by atoms with Gasteiger partial charge in [0.05, 0.1) is 10.6 Å². The van der Waals surface area contributed by atoms with Crippen molar-refractivity contribution in [1.29, 1.82) is 0 Å². The van der Waals surface area contributed by atoms with Crippen LogP contribution in [-0.4, -0.2) is 46.3 Å². The highest BCUT2D eigenvalue weighted by Gasteiger charge is 2.32. The number of carbonyl (C=O) groups is 2. The molecule has 2 amide bonds. The molecule has 0 bridgehead atoms. The second-order valence-corrected chi connectivity index (χ2v) is 8.68. The average molecular weight is 435 g/mol. The third kappa shape index (κ3) is 5.17. The highest BCUT2D eigenvalue weighted by atomic mass is 32.1. The lowest BCUT2D eigenvalue weighted by Crippen LogP contribution is -2.32. The van der Waals surface area contributed by atoms with E-state index >= 15 is 0 Å². The van der Waals surface area contributed by atoms with Crippen molar-refractivity contribution in [3.63, 3.8) is 0 Å². The van der Waals surface area contributed by atoms with Gasteiger partial charge < -0.3 is 4.90 Å². The standard InChI is InChI=1S/C24H26N4O2S/c1-18-22(21(29)12-11-20-9-5-13-25-17-20)31-23(26-18)28-16-15-27(24(28)30)14-6-10-19-7-3-2-4-8-19/h2-5,7-9,13,17H,6,10-12,14-16H2,1H3. The molecule has 0 unspecified atom stereocenters. The summed E-state index contributed by atoms with van der Waals surface area (Å²) < 4.78 is 0. The van der Waals surface area contributed by atoms with E-state index < -0.39 is 0 Å². The predicted octanol–water partition coefficient (Wildman–Crippen LogP) is 4.54. The lowest BCUT2D eigenvalue weighted by molar-refractivity contribution is 0.0986. The third-order valence-corrected chi connectivity index (χ3v) is 6.69. The van der Waals surface area contributed by atoms with Gasteiger partial charge in [0.1, 0.15) is 0 Å². The monoisotopic (exact) mass is 434 g/mol. The first-order chi connectivity index (χ1) is 15.1. The van der Waals surface area contributed by atoms with Crippen LogP contribution in [0.15, 0.2) is 54.9 Å². The van der Waals surface area contributed by atoms with Crippen LogP contribution in [0.25, 0.3) is 0 Å². The third-order valence-electron chi connectivity index (χ3n) is 5.46. The molecule has 4 rings (SSSR count). The molecule has 6 nitrogen and oxygen atoms in total. The normalized spacial score (nSPS) is 13.8. The van der Waals surface area contributed by atoms with Gasteiger partial charge in [-0.3, -0.25) is 14.7 Å². The van der Waals surface area contributed by atoms with Gasteiger partial charge in [-0.15, -0.1) is 0 Å². The summed E-state index contributed by atoms with van der Waals surface area (Å²) in [5.41, 5.74) is 3.03. The fourth-order valence-electron chi connectivity index (χ4n) is 3.76. The van der Waals surface area contributed by atoms with Crippen molar-refractivity contribution in [2.24, 2.45) is 0 Å². The van der Waals surface area contributed by atoms with E-state index in [1.165, 1.54) is 16.9 Å². The number of pyridine rings is 1. The number of amides is 2. The summed E-state index contributed by atoms with van der Waals surface area (Å²) >= 11 is 1.33. The zero-order chi connectivity index (χ0) is 21.6. The van der Waals surface area contributed by atoms with E-state index in [1.807, 2.05) is 42.2 Å². The highest BCUT2D eigenvalue weighted by Crippen LogP contribution is 2.30. The Bertz CT molecular complexity index is 1040. The molecule has 31 heavy (non-hydrogen) atoms. The summed E-state index contributed by atoms with van der Waals surface area (Å²) in [5.74, 6) is 0.0662. The van der Waals surface area contributed by atoms with E-state index in [2.05, 4.69) is 22.1 Å². The van der Waals surface area contributed by atoms with Crippen molar-refractivity contribution in [3.8, 4) is 0 Å². The number of hydrogen-bond acceptors (Lipinski definition) is 5. The predicted molar refractivity (Wildman–Crippen MR) is 123 cm³/mol. The number of anilines is 1. The van der Waals surface area contributed by atoms with Gasteiger partial charge in [-0.25, -0.2) is 9.78 Å². The van der Waals surface area contributed by atoms with E-state index in [1.54, 1.807) is 17.3 Å². The van der Waals surface area contributed by atoms with Crippen LogP contribution in [0.1, 0.15) is 39.3 Å². The summed E-state index contributed by atoms with van der Waals surface area (Å²) in [6.07, 6.45) is 6.45. The van der Waals surface area contributed by atoms with Crippen molar-refractivity contribution in [3.05, 3.63) is 76.6 Å². The van der Waals surface area contributed by atoms with Gasteiger partial charge in [-0.05, 0) is 43.4 Å². The molecule has 3 heterocycles. The number of nitrogens with zero attached hydrogens (tertiary/aromatic N) is 4. The van der Waals surface area contributed by atoms with E-state index in [-0.39, 0.29) is 11.8 Å². The molecule has 1 aromatic carbocycles. The smallest absolute Gasteiger partial charge is 0.322 e. The number of aromatic nitrogens is 2. The summed E-state index contributed by atoms with van der Waals surface area (Å²) in [7, 11) is 0. The van der Waals surface area contributed by atoms with Gasteiger partial charge in [0.2, 0.25) is 0 Å². The number of rotatable bonds is 9. The first-order valence-corrected chi connectivity index (χ1v) is 11.4. The van der Waals surface area contributed by atoms with Gasteiger partial charge in [0.25, 0.3) is 0 Å². The lowest BCUT2D eigenvalue weighted by Gasteiger charge is -2.16. The Hall–Kier alpha value is -3.06. The molecule has 1 aliphatic heterocycles. The largest absolute Gasteiger partial charge is 0.326 e. The lowest BCUT2D eigenvalue weighted by atomic mass is 10.1. The summed E-state index contributed by atoms with van der Waals surface area (Å²) in [6, 6.07) is 14.2. The molecular weight excluding hydrogens is 408 g/mol. The molecule has 2 aromatic heterocycles. The molecule has 0 aliphatic carbocycles. The molecule has 7 heteroatoms. The maximum atomic E-state index is 12.9. The van der Waals surface area contributed by atoms with Gasteiger partial charge in [-0.2, -0.15) is 0 Å². The quantitative estimate of drug-likeness (QED) is 0.464. The molecule has 160 valence electrons. The molecule has 3 aromatic rings. The van der Waals surface area contributed by atoms with Crippen LogP contribution in [0.2, 0.25) is 0 Å². The Morgan fingerprint density at radius 3 is 2.65 bits per heavy atom. The minimum Gasteiger partial charge on any atom is -0.322 e. The minimum atomic E-state index is -0.0174. The van der Waals surface area contributed by atoms with Crippen LogP contribution in [0.5, 0.6) is 0 Å². The molecule has 1 aliphatic rings. The fourth-order valence-corrected chi connectivity index (χ4v) is 4.81. The highest BCUT2D eigenvalue weighted by molar-refractivity contribution is 7.17. The zero-order valence-corrected chi connectivity index (χ0v) is 18.5. The van der Waals surface area contributed by atoms with Crippen molar-refractivity contribution >= 4 is 28.3 Å². The van der Waals surface area contributed by atoms with Crippen LogP contribution in [-0.2, 0) is 12.8 Å². The summed E-state index contributed by atoms with van der Waals surface area (Å²) in [4.78, 5) is 38.5. The van der Waals surface area contributed by atoms with Crippen LogP contribution in [0.3, 0.4) is 0 Å². The summed E-state index contributed by atoms with van der Waals surface area (Å²) in [6.45, 7) is 3.87. The number of benzene rings is 1. The first kappa shape index (κ1) is 21.2. The molecule has 0 atom stereocenters. The summed E-state index contributed by atoms with van der Waals surface area (Å²) in [5, 5.41) is 0.623. The van der Waals surface area contributed by atoms with Crippen LogP contribution in [0, 0.1) is 6.92 Å². The van der Waals surface area contributed by atoms with Crippen molar-refractivity contribution in [2.45, 2.75) is 32.6 Å². The van der Waals surface area contributed by atoms with Crippen LogP contribution in [0.4, 0.5) is 9.93 Å². The molecule has 0 radical (unpaired) electrons. The fraction of sp³-hybridized carbons (Fsp3) is 0.333. The van der Waals surface area contributed by atoms with Gasteiger partial charge in [0, 0.05) is 38.4 Å². The Kier molecular flexibility index (Phi) is 6.72. The number of aryl methyl sites for hydroxylation is 3. The molecule has 0 N–H and O–H groups in total. The van der Waals surface area contributed by atoms with E-state index in [0.717, 1.165) is 24.9 Å². The van der Waals surface area contributed by atoms with E-state index in [9.17, 15) is 9.59 Å². The number of ketones is 1. The number of thiazole rings is 1. The van der Waals surface area contributed by atoms with Gasteiger partial charge in [-0.1, -0.05) is 47.7 Å². The van der Waals surface area contributed by atoms with Crippen LogP contribution >= 0.6 is 11.3 Å². The topological polar surface area (TPSA) is 66.4 Å². The maximum absolute atomic E-state index is 12.9. The molecular formula is C24H26N4O2S. The first-order valence-electron chi connectivity index (χ1n) is 10.6. The number of Topliss-reactive ketones (excluding diaryl/α,β-unsaturated/α-hetero) is 1. The number of hydrogen-bond donors (Lipinski definition) is 0. The Morgan fingerprint density at radius 2 is 1.87 bits per heavy atom. The maximum Gasteiger partial charge on any atom is 0.326 e. The van der Waals surface area contributed by atoms with Crippen molar-refractivity contribution in [2.75, 3.05) is 24.5 Å². The Morgan fingerprint density at radius 1 is 1.06 bits per heavy atom. The molecule has 0 saturated carbocycles. The van der Waals surface area contributed by atoms with Crippen molar-refractivity contribution < 1.29 is 9.59 Å². The van der Waals surface area contributed by atoms with Gasteiger partial charge >= 0.3 is 6.03 Å². The zero-order valence-electron chi connectivity index (χ0n) is 17.7. The molecule has 0 spiro atoms. The number of urea groups is 1. The van der Waals surface area contributed by atoms with E-state index in [4.69, 9.17) is 0 Å². The Labute approximate surface area is 186 Å². The minimum absolute atomic E-state index is 0.0174. The van der Waals surface area contributed by atoms with Gasteiger partial charge in [0.15, 0.2) is 10.9 Å². The Balaban J connectivity index is 1.33.